The molecule has 2 aliphatic rings. The summed E-state index contributed by atoms with van der Waals surface area (Å²) < 4.78 is 0. The molecule has 2 saturated heterocycles. The van der Waals surface area contributed by atoms with Gasteiger partial charge in [-0.1, -0.05) is 20.8 Å². The van der Waals surface area contributed by atoms with Crippen LogP contribution in [0.2, 0.25) is 0 Å². The van der Waals surface area contributed by atoms with Crippen molar-refractivity contribution in [3.05, 3.63) is 0 Å². The third-order valence-corrected chi connectivity index (χ3v) is 5.09. The minimum absolute atomic E-state index is 0.363. The van der Waals surface area contributed by atoms with E-state index in [1.165, 1.54) is 52.1 Å². The van der Waals surface area contributed by atoms with Crippen molar-refractivity contribution in [3.8, 4) is 0 Å². The summed E-state index contributed by atoms with van der Waals surface area (Å²) in [5.74, 6) is 0.885. The lowest BCUT2D eigenvalue weighted by molar-refractivity contribution is 0.174. The largest absolute Gasteiger partial charge is 0.312 e. The van der Waals surface area contributed by atoms with Crippen LogP contribution >= 0.6 is 0 Å². The number of likely N-dealkylation sites (tertiary alicyclic amines) is 1. The molecule has 2 unspecified atom stereocenters. The third-order valence-electron chi connectivity index (χ3n) is 5.09. The highest BCUT2D eigenvalue weighted by Crippen LogP contribution is 2.24. The molecule has 2 aliphatic heterocycles. The first-order valence-electron chi connectivity index (χ1n) is 8.56. The van der Waals surface area contributed by atoms with E-state index in [1.807, 2.05) is 0 Å². The first-order valence-corrected chi connectivity index (χ1v) is 8.56. The van der Waals surface area contributed by atoms with E-state index in [1.54, 1.807) is 0 Å². The standard InChI is InChI=1S/C17H35N3/c1-14(2)20-10-7-15(12-20)11-19-9-6-8-18-16(13-19)17(3,4)5/h14-16,18H,6-13H2,1-5H3. The SMILES string of the molecule is CC(C)N1CCC(CN2CCCNC(C(C)(C)C)C2)C1. The van der Waals surface area contributed by atoms with Crippen LogP contribution in [0.5, 0.6) is 0 Å². The van der Waals surface area contributed by atoms with Crippen molar-refractivity contribution in [1.29, 1.82) is 0 Å². The molecule has 3 heteroatoms. The molecule has 1 N–H and O–H groups in total. The van der Waals surface area contributed by atoms with Gasteiger partial charge in [0, 0.05) is 31.7 Å². The molecule has 0 amide bonds. The van der Waals surface area contributed by atoms with Crippen molar-refractivity contribution in [1.82, 2.24) is 15.1 Å². The highest BCUT2D eigenvalue weighted by Gasteiger charge is 2.31. The highest BCUT2D eigenvalue weighted by molar-refractivity contribution is 4.88. The number of hydrogen-bond acceptors (Lipinski definition) is 3. The van der Waals surface area contributed by atoms with Gasteiger partial charge in [-0.15, -0.1) is 0 Å². The molecule has 0 bridgehead atoms. The zero-order valence-corrected chi connectivity index (χ0v) is 14.3. The van der Waals surface area contributed by atoms with Crippen molar-refractivity contribution < 1.29 is 0 Å². The lowest BCUT2D eigenvalue weighted by Crippen LogP contribution is -2.47. The van der Waals surface area contributed by atoms with Crippen LogP contribution in [0.15, 0.2) is 0 Å². The molecule has 20 heavy (non-hydrogen) atoms. The van der Waals surface area contributed by atoms with E-state index in [4.69, 9.17) is 0 Å². The Balaban J connectivity index is 1.85. The van der Waals surface area contributed by atoms with Gasteiger partial charge in [0.15, 0.2) is 0 Å². The molecule has 0 aliphatic carbocycles. The van der Waals surface area contributed by atoms with E-state index in [9.17, 15) is 0 Å². The maximum atomic E-state index is 3.75. The quantitative estimate of drug-likeness (QED) is 0.857. The van der Waals surface area contributed by atoms with Crippen molar-refractivity contribution >= 4 is 0 Å². The summed E-state index contributed by atoms with van der Waals surface area (Å²) in [7, 11) is 0. The molecular weight excluding hydrogens is 246 g/mol. The van der Waals surface area contributed by atoms with Crippen LogP contribution < -0.4 is 5.32 Å². The second kappa shape index (κ2) is 6.76. The van der Waals surface area contributed by atoms with E-state index in [-0.39, 0.29) is 0 Å². The zero-order chi connectivity index (χ0) is 14.8. The van der Waals surface area contributed by atoms with Crippen molar-refractivity contribution in [3.63, 3.8) is 0 Å². The molecule has 2 fully saturated rings. The second-order valence-electron chi connectivity index (χ2n) is 8.23. The van der Waals surface area contributed by atoms with Crippen LogP contribution in [0.25, 0.3) is 0 Å². The van der Waals surface area contributed by atoms with Crippen molar-refractivity contribution in [2.75, 3.05) is 39.3 Å². The Labute approximate surface area is 126 Å². The predicted octanol–water partition coefficient (Wildman–Crippen LogP) is 2.43. The Hall–Kier alpha value is -0.120. The number of nitrogens with one attached hydrogen (secondary N) is 1. The smallest absolute Gasteiger partial charge is 0.0243 e. The fourth-order valence-corrected chi connectivity index (χ4v) is 3.58. The van der Waals surface area contributed by atoms with E-state index in [2.05, 4.69) is 49.7 Å². The van der Waals surface area contributed by atoms with Crippen molar-refractivity contribution in [2.45, 2.75) is 59.5 Å². The normalized spacial score (nSPS) is 30.9. The van der Waals surface area contributed by atoms with Gasteiger partial charge in [0.05, 0.1) is 0 Å². The molecule has 0 aromatic carbocycles. The summed E-state index contributed by atoms with van der Waals surface area (Å²) in [6.45, 7) is 19.3. The van der Waals surface area contributed by atoms with Crippen LogP contribution in [0.3, 0.4) is 0 Å². The fraction of sp³-hybridized carbons (Fsp3) is 1.00. The van der Waals surface area contributed by atoms with Gasteiger partial charge in [-0.3, -0.25) is 0 Å². The summed E-state index contributed by atoms with van der Waals surface area (Å²) in [5, 5.41) is 3.75. The number of rotatable bonds is 3. The molecule has 0 aromatic heterocycles. The molecule has 0 radical (unpaired) electrons. The van der Waals surface area contributed by atoms with Gasteiger partial charge in [0.2, 0.25) is 0 Å². The van der Waals surface area contributed by atoms with Gasteiger partial charge < -0.3 is 15.1 Å². The highest BCUT2D eigenvalue weighted by atomic mass is 15.2. The van der Waals surface area contributed by atoms with Crippen LogP contribution in [0.1, 0.15) is 47.5 Å². The first-order chi connectivity index (χ1) is 9.36. The molecule has 0 aromatic rings. The Kier molecular flexibility index (Phi) is 5.49. The minimum Gasteiger partial charge on any atom is -0.312 e. The number of nitrogens with zero attached hydrogens (tertiary/aromatic N) is 2. The van der Waals surface area contributed by atoms with E-state index in [0.717, 1.165) is 5.92 Å². The lowest BCUT2D eigenvalue weighted by atomic mass is 9.86. The average Bonchev–Trinajstić information content (AvgIpc) is 2.66. The Morgan fingerprint density at radius 2 is 1.90 bits per heavy atom. The Morgan fingerprint density at radius 3 is 2.50 bits per heavy atom. The summed E-state index contributed by atoms with van der Waals surface area (Å²) >= 11 is 0. The molecule has 0 saturated carbocycles. The van der Waals surface area contributed by atoms with Gasteiger partial charge in [0.1, 0.15) is 0 Å². The second-order valence-corrected chi connectivity index (χ2v) is 8.23. The number of hydrogen-bond donors (Lipinski definition) is 1. The molecule has 2 heterocycles. The van der Waals surface area contributed by atoms with Gasteiger partial charge in [-0.05, 0) is 57.7 Å². The van der Waals surface area contributed by atoms with Crippen LogP contribution in [0.4, 0.5) is 0 Å². The summed E-state index contributed by atoms with van der Waals surface area (Å²) in [6.07, 6.45) is 2.69. The van der Waals surface area contributed by atoms with E-state index in [0.29, 0.717) is 17.5 Å². The van der Waals surface area contributed by atoms with Gasteiger partial charge in [-0.25, -0.2) is 0 Å². The summed E-state index contributed by atoms with van der Waals surface area (Å²) in [4.78, 5) is 5.37. The Bertz CT molecular complexity index is 295. The monoisotopic (exact) mass is 281 g/mol. The molecule has 118 valence electrons. The first kappa shape index (κ1) is 16.3. The summed E-state index contributed by atoms with van der Waals surface area (Å²) in [5.41, 5.74) is 0.363. The minimum atomic E-state index is 0.363. The topological polar surface area (TPSA) is 18.5 Å². The van der Waals surface area contributed by atoms with Crippen LogP contribution in [-0.2, 0) is 0 Å². The predicted molar refractivity (Wildman–Crippen MR) is 87.1 cm³/mol. The van der Waals surface area contributed by atoms with Gasteiger partial charge >= 0.3 is 0 Å². The molecule has 2 rings (SSSR count). The van der Waals surface area contributed by atoms with E-state index >= 15 is 0 Å². The lowest BCUT2D eigenvalue weighted by Gasteiger charge is -2.34. The average molecular weight is 281 g/mol. The van der Waals surface area contributed by atoms with Crippen LogP contribution in [0, 0.1) is 11.3 Å². The Morgan fingerprint density at radius 1 is 1.15 bits per heavy atom. The maximum Gasteiger partial charge on any atom is 0.0243 e. The van der Waals surface area contributed by atoms with Gasteiger partial charge in [0.25, 0.3) is 0 Å². The van der Waals surface area contributed by atoms with E-state index < -0.39 is 0 Å². The van der Waals surface area contributed by atoms with Gasteiger partial charge in [-0.2, -0.15) is 0 Å². The van der Waals surface area contributed by atoms with Crippen molar-refractivity contribution in [2.24, 2.45) is 11.3 Å². The molecule has 2 atom stereocenters. The maximum absolute atomic E-state index is 3.75. The fourth-order valence-electron chi connectivity index (χ4n) is 3.58. The van der Waals surface area contributed by atoms with Crippen LogP contribution in [-0.4, -0.2) is 61.2 Å². The third kappa shape index (κ3) is 4.44. The molecule has 3 nitrogen and oxygen atoms in total. The summed E-state index contributed by atoms with van der Waals surface area (Å²) in [6, 6.07) is 1.35. The molecular formula is C17H35N3. The molecule has 0 spiro atoms. The zero-order valence-electron chi connectivity index (χ0n) is 14.3.